The molecule has 0 radical (unpaired) electrons. The highest BCUT2D eigenvalue weighted by Crippen LogP contribution is 2.18. The normalized spacial score (nSPS) is 12.1. The van der Waals surface area contributed by atoms with E-state index in [9.17, 15) is 9.18 Å². The van der Waals surface area contributed by atoms with Gasteiger partial charge in [-0.1, -0.05) is 18.2 Å². The van der Waals surface area contributed by atoms with Gasteiger partial charge in [-0.3, -0.25) is 4.99 Å². The molecule has 0 heterocycles. The lowest BCUT2D eigenvalue weighted by Gasteiger charge is -2.23. The van der Waals surface area contributed by atoms with Crippen molar-refractivity contribution in [1.29, 1.82) is 0 Å². The minimum absolute atomic E-state index is 0.287. The number of hydrogen-bond donors (Lipinski definition) is 3. The van der Waals surface area contributed by atoms with Crippen molar-refractivity contribution in [1.82, 2.24) is 15.8 Å². The first kappa shape index (κ1) is 23.1. The molecule has 0 atom stereocenters. The molecule has 6 nitrogen and oxygen atoms in total. The standard InChI is InChI=1S/C23H30FN5O/c1-17-7-5-9-22(18(17)2)26-15-21(8-6-14-30)27-16-29(4)28-23(25-3)19-10-12-20(24)13-11-19/h5,7-14,26-27H,6,15-16H2,1-4H3,(H,25,28)/b21-8-. The van der Waals surface area contributed by atoms with Crippen LogP contribution in [0.1, 0.15) is 23.1 Å². The summed E-state index contributed by atoms with van der Waals surface area (Å²) in [6.45, 7) is 5.20. The van der Waals surface area contributed by atoms with E-state index in [-0.39, 0.29) is 5.82 Å². The van der Waals surface area contributed by atoms with Gasteiger partial charge < -0.3 is 20.9 Å². The van der Waals surface area contributed by atoms with Gasteiger partial charge in [0.15, 0.2) is 0 Å². The van der Waals surface area contributed by atoms with Crippen LogP contribution in [0.2, 0.25) is 0 Å². The molecule has 2 rings (SSSR count). The number of hydrazine groups is 1. The molecular formula is C23H30FN5O. The van der Waals surface area contributed by atoms with Crippen molar-refractivity contribution < 1.29 is 9.18 Å². The lowest BCUT2D eigenvalue weighted by Crippen LogP contribution is -2.45. The Morgan fingerprint density at radius 1 is 1.17 bits per heavy atom. The fourth-order valence-corrected chi connectivity index (χ4v) is 2.82. The number of aldehydes is 1. The van der Waals surface area contributed by atoms with E-state index in [0.29, 0.717) is 25.5 Å². The summed E-state index contributed by atoms with van der Waals surface area (Å²) in [5.74, 6) is 0.344. The Morgan fingerprint density at radius 2 is 1.90 bits per heavy atom. The van der Waals surface area contributed by atoms with Gasteiger partial charge in [0, 0.05) is 37.5 Å². The van der Waals surface area contributed by atoms with Crippen LogP contribution < -0.4 is 16.1 Å². The van der Waals surface area contributed by atoms with Gasteiger partial charge in [-0.25, -0.2) is 9.40 Å². The van der Waals surface area contributed by atoms with Gasteiger partial charge in [-0.05, 0) is 55.3 Å². The summed E-state index contributed by atoms with van der Waals surface area (Å²) >= 11 is 0. The topological polar surface area (TPSA) is 68.8 Å². The van der Waals surface area contributed by atoms with E-state index in [0.717, 1.165) is 23.2 Å². The quantitative estimate of drug-likeness (QED) is 0.184. The number of allylic oxidation sites excluding steroid dienone is 1. The molecule has 0 aliphatic rings. The first-order valence-corrected chi connectivity index (χ1v) is 9.81. The molecule has 160 valence electrons. The number of benzene rings is 2. The summed E-state index contributed by atoms with van der Waals surface area (Å²) in [6.07, 6.45) is 3.08. The van der Waals surface area contributed by atoms with Crippen LogP contribution in [0, 0.1) is 19.7 Å². The minimum Gasteiger partial charge on any atom is -0.379 e. The Bertz CT molecular complexity index is 893. The Morgan fingerprint density at radius 3 is 2.57 bits per heavy atom. The summed E-state index contributed by atoms with van der Waals surface area (Å²) in [5.41, 5.74) is 8.38. The smallest absolute Gasteiger partial charge is 0.142 e. The van der Waals surface area contributed by atoms with E-state index in [4.69, 9.17) is 0 Å². The second-order valence-corrected chi connectivity index (χ2v) is 6.96. The molecule has 0 unspecified atom stereocenters. The van der Waals surface area contributed by atoms with Gasteiger partial charge in [0.05, 0.1) is 13.2 Å². The maximum Gasteiger partial charge on any atom is 0.142 e. The molecule has 0 aromatic heterocycles. The highest BCUT2D eigenvalue weighted by atomic mass is 19.1. The Kier molecular flexibility index (Phi) is 9.03. The number of aryl methyl sites for hydroxylation is 1. The zero-order valence-electron chi connectivity index (χ0n) is 18.0. The molecule has 0 fully saturated rings. The lowest BCUT2D eigenvalue weighted by molar-refractivity contribution is -0.107. The van der Waals surface area contributed by atoms with Crippen LogP contribution in [0.5, 0.6) is 0 Å². The summed E-state index contributed by atoms with van der Waals surface area (Å²) in [6, 6.07) is 12.3. The highest BCUT2D eigenvalue weighted by molar-refractivity contribution is 5.98. The fourth-order valence-electron chi connectivity index (χ4n) is 2.82. The molecule has 0 aliphatic carbocycles. The van der Waals surface area contributed by atoms with Crippen molar-refractivity contribution in [3.05, 3.63) is 76.7 Å². The van der Waals surface area contributed by atoms with Gasteiger partial charge in [0.1, 0.15) is 17.9 Å². The first-order valence-electron chi connectivity index (χ1n) is 9.81. The molecule has 0 saturated heterocycles. The third-order valence-electron chi connectivity index (χ3n) is 4.72. The molecule has 3 N–H and O–H groups in total. The molecule has 2 aromatic rings. The maximum absolute atomic E-state index is 13.2. The Hall–Kier alpha value is -3.19. The van der Waals surface area contributed by atoms with Crippen molar-refractivity contribution >= 4 is 17.8 Å². The Labute approximate surface area is 177 Å². The molecule has 0 spiro atoms. The number of carbonyl (C=O) groups is 1. The van der Waals surface area contributed by atoms with Gasteiger partial charge in [-0.15, -0.1) is 0 Å². The zero-order chi connectivity index (χ0) is 21.9. The minimum atomic E-state index is -0.287. The van der Waals surface area contributed by atoms with E-state index >= 15 is 0 Å². The summed E-state index contributed by atoms with van der Waals surface area (Å²) < 4.78 is 13.2. The summed E-state index contributed by atoms with van der Waals surface area (Å²) in [4.78, 5) is 15.1. The zero-order valence-corrected chi connectivity index (χ0v) is 18.0. The largest absolute Gasteiger partial charge is 0.379 e. The van der Waals surface area contributed by atoms with Crippen LogP contribution in [-0.4, -0.2) is 44.4 Å². The van der Waals surface area contributed by atoms with Crippen molar-refractivity contribution in [3.63, 3.8) is 0 Å². The lowest BCUT2D eigenvalue weighted by atomic mass is 10.1. The molecule has 0 bridgehead atoms. The predicted octanol–water partition coefficient (Wildman–Crippen LogP) is 3.39. The third-order valence-corrected chi connectivity index (χ3v) is 4.72. The molecule has 0 saturated carbocycles. The van der Waals surface area contributed by atoms with Crippen LogP contribution in [0.15, 0.2) is 59.2 Å². The van der Waals surface area contributed by atoms with Gasteiger partial charge in [-0.2, -0.15) is 0 Å². The first-order chi connectivity index (χ1) is 14.4. The van der Waals surface area contributed by atoms with Gasteiger partial charge >= 0.3 is 0 Å². The monoisotopic (exact) mass is 411 g/mol. The van der Waals surface area contributed by atoms with E-state index < -0.39 is 0 Å². The number of anilines is 1. The van der Waals surface area contributed by atoms with Crippen molar-refractivity contribution in [2.75, 3.05) is 32.6 Å². The average Bonchev–Trinajstić information content (AvgIpc) is 2.74. The van der Waals surface area contributed by atoms with E-state index in [1.54, 1.807) is 19.2 Å². The maximum atomic E-state index is 13.2. The van der Waals surface area contributed by atoms with E-state index in [1.807, 2.05) is 30.3 Å². The van der Waals surface area contributed by atoms with Crippen LogP contribution in [0.25, 0.3) is 0 Å². The molecular weight excluding hydrogens is 381 g/mol. The van der Waals surface area contributed by atoms with Crippen molar-refractivity contribution in [2.24, 2.45) is 4.99 Å². The number of hydrogen-bond acceptors (Lipinski definition) is 5. The van der Waals surface area contributed by atoms with Crippen molar-refractivity contribution in [3.8, 4) is 0 Å². The van der Waals surface area contributed by atoms with Crippen LogP contribution in [0.3, 0.4) is 0 Å². The molecule has 7 heteroatoms. The predicted molar refractivity (Wildman–Crippen MR) is 121 cm³/mol. The van der Waals surface area contributed by atoms with E-state index in [1.165, 1.54) is 23.3 Å². The number of amidine groups is 1. The number of rotatable bonds is 10. The molecule has 0 amide bonds. The number of nitrogens with one attached hydrogen (secondary N) is 3. The Balaban J connectivity index is 1.95. The SMILES string of the molecule is CN=C(NN(C)CN/C(=C\CC=O)CNc1cccc(C)c1C)c1ccc(F)cc1. The molecule has 0 aliphatic heterocycles. The van der Waals surface area contributed by atoms with Crippen LogP contribution in [-0.2, 0) is 4.79 Å². The number of nitrogens with zero attached hydrogens (tertiary/aromatic N) is 2. The number of aliphatic imine (C=N–C) groups is 1. The summed E-state index contributed by atoms with van der Waals surface area (Å²) in [5, 5.41) is 8.59. The van der Waals surface area contributed by atoms with Crippen LogP contribution >= 0.6 is 0 Å². The fraction of sp³-hybridized carbons (Fsp3) is 0.304. The average molecular weight is 412 g/mol. The van der Waals surface area contributed by atoms with E-state index in [2.05, 4.69) is 41.0 Å². The second kappa shape index (κ2) is 11.7. The van der Waals surface area contributed by atoms with Gasteiger partial charge in [0.2, 0.25) is 0 Å². The highest BCUT2D eigenvalue weighted by Gasteiger charge is 2.07. The molecule has 30 heavy (non-hydrogen) atoms. The van der Waals surface area contributed by atoms with Crippen LogP contribution in [0.4, 0.5) is 10.1 Å². The number of carbonyl (C=O) groups excluding carboxylic acids is 1. The second-order valence-electron chi connectivity index (χ2n) is 6.96. The van der Waals surface area contributed by atoms with Gasteiger partial charge in [0.25, 0.3) is 0 Å². The molecule has 2 aromatic carbocycles. The van der Waals surface area contributed by atoms with Crippen molar-refractivity contribution in [2.45, 2.75) is 20.3 Å². The number of halogens is 1. The third kappa shape index (κ3) is 7.00. The summed E-state index contributed by atoms with van der Waals surface area (Å²) in [7, 11) is 3.55.